The van der Waals surface area contributed by atoms with E-state index < -0.39 is 0 Å². The number of aryl methyl sites for hydroxylation is 2. The number of hydrogen-bond acceptors (Lipinski definition) is 3. The van der Waals surface area contributed by atoms with Crippen LogP contribution in [0.1, 0.15) is 34.9 Å². The average Bonchev–Trinajstić information content (AvgIpc) is 3.26. The normalized spacial score (nSPS) is 24.3. The molecule has 2 fully saturated rings. The third-order valence-corrected chi connectivity index (χ3v) is 5.27. The van der Waals surface area contributed by atoms with Crippen molar-refractivity contribution in [1.29, 1.82) is 0 Å². The lowest BCUT2D eigenvalue weighted by Gasteiger charge is -2.25. The fraction of sp³-hybridized carbons (Fsp3) is 0.500. The van der Waals surface area contributed by atoms with E-state index in [9.17, 15) is 4.79 Å². The maximum absolute atomic E-state index is 12.8. The van der Waals surface area contributed by atoms with Gasteiger partial charge >= 0.3 is 0 Å². The number of furan rings is 1. The molecule has 23 heavy (non-hydrogen) atoms. The van der Waals surface area contributed by atoms with Gasteiger partial charge in [0.15, 0.2) is 0 Å². The van der Waals surface area contributed by atoms with Crippen molar-refractivity contribution in [3.05, 3.63) is 47.7 Å². The molecule has 0 aliphatic carbocycles. The number of fused-ring (bicyclic) bond motifs is 1. The van der Waals surface area contributed by atoms with Gasteiger partial charge in [-0.2, -0.15) is 0 Å². The summed E-state index contributed by atoms with van der Waals surface area (Å²) in [6.07, 6.45) is 4.04. The Morgan fingerprint density at radius 1 is 1.22 bits per heavy atom. The monoisotopic (exact) mass is 313 g/mol. The fourth-order valence-corrected chi connectivity index (χ4v) is 4.12. The van der Waals surface area contributed by atoms with Crippen LogP contribution in [0.3, 0.4) is 0 Å². The highest BCUT2D eigenvalue weighted by molar-refractivity contribution is 5.93. The SMILES string of the molecule is Cc1ccc(CN2CC[C@H]3[C@H]2CCN3C(=O)c2cccn2C)o1. The quantitative estimate of drug-likeness (QED) is 0.874. The van der Waals surface area contributed by atoms with Gasteiger partial charge in [0, 0.05) is 38.4 Å². The summed E-state index contributed by atoms with van der Waals surface area (Å²) in [5.41, 5.74) is 0.783. The number of amides is 1. The van der Waals surface area contributed by atoms with Gasteiger partial charge in [0.2, 0.25) is 0 Å². The van der Waals surface area contributed by atoms with Crippen LogP contribution in [0.5, 0.6) is 0 Å². The van der Waals surface area contributed by atoms with E-state index in [1.165, 1.54) is 0 Å². The fourth-order valence-electron chi connectivity index (χ4n) is 4.12. The number of likely N-dealkylation sites (tertiary alicyclic amines) is 2. The first-order valence-electron chi connectivity index (χ1n) is 8.35. The third kappa shape index (κ3) is 2.49. The van der Waals surface area contributed by atoms with Gasteiger partial charge in [0.25, 0.3) is 5.91 Å². The smallest absolute Gasteiger partial charge is 0.270 e. The summed E-state index contributed by atoms with van der Waals surface area (Å²) < 4.78 is 7.63. The van der Waals surface area contributed by atoms with Gasteiger partial charge in [-0.3, -0.25) is 9.69 Å². The number of hydrogen-bond donors (Lipinski definition) is 0. The predicted octanol–water partition coefficient (Wildman–Crippen LogP) is 2.42. The second-order valence-electron chi connectivity index (χ2n) is 6.70. The molecular weight excluding hydrogens is 290 g/mol. The van der Waals surface area contributed by atoms with E-state index >= 15 is 0 Å². The van der Waals surface area contributed by atoms with Crippen LogP contribution in [0.4, 0.5) is 0 Å². The largest absolute Gasteiger partial charge is 0.465 e. The van der Waals surface area contributed by atoms with Gasteiger partial charge in [0.1, 0.15) is 17.2 Å². The lowest BCUT2D eigenvalue weighted by Crippen LogP contribution is -2.40. The highest BCUT2D eigenvalue weighted by Gasteiger charge is 2.44. The highest BCUT2D eigenvalue weighted by atomic mass is 16.3. The Balaban J connectivity index is 1.47. The van der Waals surface area contributed by atoms with Crippen LogP contribution in [-0.2, 0) is 13.6 Å². The number of aromatic nitrogens is 1. The number of carbonyl (C=O) groups excluding carboxylic acids is 1. The van der Waals surface area contributed by atoms with Gasteiger partial charge in [-0.15, -0.1) is 0 Å². The van der Waals surface area contributed by atoms with Crippen molar-refractivity contribution in [2.24, 2.45) is 7.05 Å². The van der Waals surface area contributed by atoms with Crippen molar-refractivity contribution in [1.82, 2.24) is 14.4 Å². The van der Waals surface area contributed by atoms with Crippen LogP contribution in [0, 0.1) is 6.92 Å². The van der Waals surface area contributed by atoms with Gasteiger partial charge in [0.05, 0.1) is 6.54 Å². The summed E-state index contributed by atoms with van der Waals surface area (Å²) in [6, 6.07) is 8.72. The summed E-state index contributed by atoms with van der Waals surface area (Å²) in [5, 5.41) is 0. The molecule has 2 aliphatic heterocycles. The molecule has 0 aromatic carbocycles. The first kappa shape index (κ1) is 14.6. The molecule has 0 bridgehead atoms. The molecule has 0 N–H and O–H groups in total. The van der Waals surface area contributed by atoms with Gasteiger partial charge in [-0.1, -0.05) is 0 Å². The molecular formula is C18H23N3O2. The lowest BCUT2D eigenvalue weighted by molar-refractivity contribution is 0.0722. The van der Waals surface area contributed by atoms with Crippen LogP contribution in [0.2, 0.25) is 0 Å². The van der Waals surface area contributed by atoms with Gasteiger partial charge in [-0.25, -0.2) is 0 Å². The molecule has 0 spiro atoms. The Hall–Kier alpha value is -2.01. The predicted molar refractivity (Wildman–Crippen MR) is 87.1 cm³/mol. The van der Waals surface area contributed by atoms with Gasteiger partial charge < -0.3 is 13.9 Å². The molecule has 0 unspecified atom stereocenters. The molecule has 2 saturated heterocycles. The summed E-state index contributed by atoms with van der Waals surface area (Å²) in [7, 11) is 1.93. The number of nitrogens with zero attached hydrogens (tertiary/aromatic N) is 3. The maximum Gasteiger partial charge on any atom is 0.270 e. The topological polar surface area (TPSA) is 41.6 Å². The molecule has 2 aromatic rings. The molecule has 5 heteroatoms. The van der Waals surface area contributed by atoms with E-state index in [4.69, 9.17) is 4.42 Å². The number of carbonyl (C=O) groups is 1. The Labute approximate surface area is 136 Å². The molecule has 1 amide bonds. The van der Waals surface area contributed by atoms with Crippen LogP contribution < -0.4 is 0 Å². The van der Waals surface area contributed by atoms with Gasteiger partial charge in [-0.05, 0) is 44.0 Å². The van der Waals surface area contributed by atoms with Crippen LogP contribution in [0.15, 0.2) is 34.9 Å². The minimum atomic E-state index is 0.167. The molecule has 122 valence electrons. The molecule has 4 heterocycles. The van der Waals surface area contributed by atoms with Crippen molar-refractivity contribution in [3.63, 3.8) is 0 Å². The molecule has 4 rings (SSSR count). The zero-order valence-corrected chi connectivity index (χ0v) is 13.7. The Morgan fingerprint density at radius 3 is 2.74 bits per heavy atom. The standard InChI is InChI=1S/C18H23N3O2/c1-13-5-6-14(23-13)12-20-10-7-16-15(20)8-11-21(16)18(22)17-4-3-9-19(17)2/h3-6,9,15-16H,7-8,10-12H2,1-2H3/t15-,16+/m1/s1. The van der Waals surface area contributed by atoms with Crippen LogP contribution >= 0.6 is 0 Å². The molecule has 2 aliphatic rings. The first-order valence-corrected chi connectivity index (χ1v) is 8.35. The molecule has 0 saturated carbocycles. The van der Waals surface area contributed by atoms with Crippen LogP contribution in [0.25, 0.3) is 0 Å². The van der Waals surface area contributed by atoms with E-state index in [0.717, 1.165) is 49.7 Å². The maximum atomic E-state index is 12.8. The van der Waals surface area contributed by atoms with E-state index in [1.807, 2.05) is 42.9 Å². The lowest BCUT2D eigenvalue weighted by atomic mass is 10.1. The first-order chi connectivity index (χ1) is 11.1. The second-order valence-corrected chi connectivity index (χ2v) is 6.70. The van der Waals surface area contributed by atoms with E-state index in [-0.39, 0.29) is 5.91 Å². The van der Waals surface area contributed by atoms with E-state index in [0.29, 0.717) is 12.1 Å². The third-order valence-electron chi connectivity index (χ3n) is 5.27. The molecule has 2 atom stereocenters. The highest BCUT2D eigenvalue weighted by Crippen LogP contribution is 2.33. The van der Waals surface area contributed by atoms with E-state index in [2.05, 4.69) is 15.9 Å². The van der Waals surface area contributed by atoms with Crippen molar-refractivity contribution in [2.45, 2.75) is 38.4 Å². The van der Waals surface area contributed by atoms with E-state index in [1.54, 1.807) is 0 Å². The zero-order valence-electron chi connectivity index (χ0n) is 13.7. The van der Waals surface area contributed by atoms with Crippen molar-refractivity contribution in [3.8, 4) is 0 Å². The average molecular weight is 313 g/mol. The van der Waals surface area contributed by atoms with Crippen LogP contribution in [-0.4, -0.2) is 45.4 Å². The summed E-state index contributed by atoms with van der Waals surface area (Å²) in [6.45, 7) is 4.71. The Bertz CT molecular complexity index is 717. The summed E-state index contributed by atoms with van der Waals surface area (Å²) in [4.78, 5) is 17.4. The molecule has 5 nitrogen and oxygen atoms in total. The van der Waals surface area contributed by atoms with Crippen molar-refractivity contribution in [2.75, 3.05) is 13.1 Å². The molecule has 2 aromatic heterocycles. The Kier molecular flexibility index (Phi) is 3.53. The zero-order chi connectivity index (χ0) is 16.0. The minimum Gasteiger partial charge on any atom is -0.465 e. The van der Waals surface area contributed by atoms with Crippen molar-refractivity contribution >= 4 is 5.91 Å². The summed E-state index contributed by atoms with van der Waals surface area (Å²) >= 11 is 0. The minimum absolute atomic E-state index is 0.167. The number of rotatable bonds is 3. The molecule has 0 radical (unpaired) electrons. The van der Waals surface area contributed by atoms with Crippen molar-refractivity contribution < 1.29 is 9.21 Å². The Morgan fingerprint density at radius 2 is 2.04 bits per heavy atom. The second kappa shape index (κ2) is 5.57. The summed E-state index contributed by atoms with van der Waals surface area (Å²) in [5.74, 6) is 2.15.